The molecule has 2 aromatic rings. The van der Waals surface area contributed by atoms with Crippen LogP contribution in [-0.2, 0) is 9.53 Å². The number of aryl methyl sites for hydroxylation is 1. The van der Waals surface area contributed by atoms with Crippen LogP contribution in [0, 0.1) is 17.0 Å². The first-order valence-corrected chi connectivity index (χ1v) is 7.87. The molecule has 0 heterocycles. The van der Waals surface area contributed by atoms with E-state index in [9.17, 15) is 24.8 Å². The molecule has 0 aliphatic rings. The molecule has 1 atom stereocenters. The first-order valence-electron chi connectivity index (χ1n) is 7.87. The Kier molecular flexibility index (Phi) is 5.96. The number of anilines is 1. The summed E-state index contributed by atoms with van der Waals surface area (Å²) < 4.78 is 10.1. The van der Waals surface area contributed by atoms with Crippen molar-refractivity contribution in [3.63, 3.8) is 0 Å². The standard InChI is InChI=1S/C18H18N2O7/c1-10-5-4-6-13(16(10)21)18(23)27-11(2)17(22)19-14-9-12(20(24)25)7-8-15(14)26-3/h4-9,11,21H,1-3H3,(H,19,22)/t11-/m1/s1. The molecule has 142 valence electrons. The number of ether oxygens (including phenoxy) is 2. The Balaban J connectivity index is 2.14. The first-order chi connectivity index (χ1) is 12.7. The molecule has 0 spiro atoms. The van der Waals surface area contributed by atoms with Gasteiger partial charge < -0.3 is 19.9 Å². The third-order valence-electron chi connectivity index (χ3n) is 3.76. The fraction of sp³-hybridized carbons (Fsp3) is 0.222. The minimum Gasteiger partial charge on any atom is -0.507 e. The largest absolute Gasteiger partial charge is 0.507 e. The molecule has 0 unspecified atom stereocenters. The summed E-state index contributed by atoms with van der Waals surface area (Å²) in [5.41, 5.74) is 0.254. The van der Waals surface area contributed by atoms with Crippen LogP contribution in [-0.4, -0.2) is 35.1 Å². The van der Waals surface area contributed by atoms with Gasteiger partial charge in [-0.25, -0.2) is 4.79 Å². The Morgan fingerprint density at radius 2 is 1.96 bits per heavy atom. The number of carbonyl (C=O) groups excluding carboxylic acids is 2. The number of hydrogen-bond acceptors (Lipinski definition) is 7. The van der Waals surface area contributed by atoms with Crippen LogP contribution in [0.15, 0.2) is 36.4 Å². The van der Waals surface area contributed by atoms with E-state index >= 15 is 0 Å². The Morgan fingerprint density at radius 1 is 1.26 bits per heavy atom. The summed E-state index contributed by atoms with van der Waals surface area (Å²) in [5, 5.41) is 23.2. The summed E-state index contributed by atoms with van der Waals surface area (Å²) in [5.74, 6) is -1.60. The zero-order valence-electron chi connectivity index (χ0n) is 14.9. The molecule has 0 fully saturated rings. The zero-order valence-corrected chi connectivity index (χ0v) is 14.9. The number of phenols is 1. The van der Waals surface area contributed by atoms with Crippen molar-refractivity contribution in [3.05, 3.63) is 57.6 Å². The molecule has 1 amide bonds. The fourth-order valence-corrected chi connectivity index (χ4v) is 2.24. The van der Waals surface area contributed by atoms with Crippen molar-refractivity contribution in [2.45, 2.75) is 20.0 Å². The number of esters is 1. The maximum atomic E-state index is 12.3. The lowest BCUT2D eigenvalue weighted by Gasteiger charge is -2.15. The van der Waals surface area contributed by atoms with Gasteiger partial charge in [-0.1, -0.05) is 12.1 Å². The lowest BCUT2D eigenvalue weighted by atomic mass is 10.1. The summed E-state index contributed by atoms with van der Waals surface area (Å²) >= 11 is 0. The summed E-state index contributed by atoms with van der Waals surface area (Å²) in [6.07, 6.45) is -1.22. The van der Waals surface area contributed by atoms with Crippen molar-refractivity contribution in [2.75, 3.05) is 12.4 Å². The smallest absolute Gasteiger partial charge is 0.342 e. The molecule has 0 saturated carbocycles. The molecule has 2 N–H and O–H groups in total. The van der Waals surface area contributed by atoms with E-state index in [0.29, 0.717) is 5.56 Å². The second kappa shape index (κ2) is 8.17. The molecule has 27 heavy (non-hydrogen) atoms. The number of carbonyl (C=O) groups is 2. The second-order valence-corrected chi connectivity index (χ2v) is 5.65. The molecule has 2 aromatic carbocycles. The number of nitrogens with zero attached hydrogens (tertiary/aromatic N) is 1. The minimum absolute atomic E-state index is 0.0671. The molecule has 9 heteroatoms. The summed E-state index contributed by atoms with van der Waals surface area (Å²) in [6, 6.07) is 8.28. The van der Waals surface area contributed by atoms with Crippen LogP contribution < -0.4 is 10.1 Å². The highest BCUT2D eigenvalue weighted by molar-refractivity contribution is 5.99. The monoisotopic (exact) mass is 374 g/mol. The lowest BCUT2D eigenvalue weighted by molar-refractivity contribution is -0.384. The molecule has 2 rings (SSSR count). The Labute approximate surface area is 154 Å². The van der Waals surface area contributed by atoms with Crippen molar-refractivity contribution in [1.29, 1.82) is 0 Å². The van der Waals surface area contributed by atoms with E-state index < -0.39 is 22.9 Å². The van der Waals surface area contributed by atoms with Crippen LogP contribution in [0.5, 0.6) is 11.5 Å². The van der Waals surface area contributed by atoms with E-state index in [1.807, 2.05) is 0 Å². The van der Waals surface area contributed by atoms with E-state index in [4.69, 9.17) is 9.47 Å². The van der Waals surface area contributed by atoms with E-state index in [0.717, 1.165) is 6.07 Å². The van der Waals surface area contributed by atoms with Gasteiger partial charge in [0.15, 0.2) is 6.10 Å². The van der Waals surface area contributed by atoms with Crippen LogP contribution in [0.2, 0.25) is 0 Å². The van der Waals surface area contributed by atoms with E-state index in [1.165, 1.54) is 32.2 Å². The van der Waals surface area contributed by atoms with Gasteiger partial charge in [-0.05, 0) is 31.5 Å². The second-order valence-electron chi connectivity index (χ2n) is 5.65. The molecule has 9 nitrogen and oxygen atoms in total. The molecule has 0 aromatic heterocycles. The quantitative estimate of drug-likeness (QED) is 0.452. The van der Waals surface area contributed by atoms with Gasteiger partial charge >= 0.3 is 5.97 Å². The van der Waals surface area contributed by atoms with Crippen LogP contribution in [0.4, 0.5) is 11.4 Å². The van der Waals surface area contributed by atoms with Gasteiger partial charge in [0.25, 0.3) is 11.6 Å². The SMILES string of the molecule is COc1ccc([N+](=O)[O-])cc1NC(=O)[C@@H](C)OC(=O)c1cccc(C)c1O. The van der Waals surface area contributed by atoms with E-state index in [-0.39, 0.29) is 28.4 Å². The van der Waals surface area contributed by atoms with Crippen molar-refractivity contribution in [1.82, 2.24) is 0 Å². The number of para-hydroxylation sites is 1. The van der Waals surface area contributed by atoms with Gasteiger partial charge in [0.2, 0.25) is 0 Å². The predicted octanol–water partition coefficient (Wildman–Crippen LogP) is 2.80. The maximum absolute atomic E-state index is 12.3. The van der Waals surface area contributed by atoms with Crippen LogP contribution in [0.1, 0.15) is 22.8 Å². The minimum atomic E-state index is -1.22. The summed E-state index contributed by atoms with van der Waals surface area (Å²) in [4.78, 5) is 34.8. The van der Waals surface area contributed by atoms with Crippen LogP contribution in [0.3, 0.4) is 0 Å². The van der Waals surface area contributed by atoms with Gasteiger partial charge in [-0.2, -0.15) is 0 Å². The van der Waals surface area contributed by atoms with Crippen molar-refractivity contribution in [2.24, 2.45) is 0 Å². The number of hydrogen-bond donors (Lipinski definition) is 2. The molecular weight excluding hydrogens is 356 g/mol. The summed E-state index contributed by atoms with van der Waals surface area (Å²) in [6.45, 7) is 2.96. The Morgan fingerprint density at radius 3 is 2.59 bits per heavy atom. The van der Waals surface area contributed by atoms with Crippen LogP contribution >= 0.6 is 0 Å². The molecule has 0 bridgehead atoms. The number of nitrogens with one attached hydrogen (secondary N) is 1. The molecule has 0 radical (unpaired) electrons. The van der Waals surface area contributed by atoms with Crippen molar-refractivity contribution < 1.29 is 29.1 Å². The third kappa shape index (κ3) is 4.51. The Bertz CT molecular complexity index is 895. The molecule has 0 aliphatic carbocycles. The number of nitro groups is 1. The average Bonchev–Trinajstić information content (AvgIpc) is 2.63. The number of rotatable bonds is 6. The number of nitro benzene ring substituents is 1. The van der Waals surface area contributed by atoms with Gasteiger partial charge in [0.05, 0.1) is 17.7 Å². The fourth-order valence-electron chi connectivity index (χ4n) is 2.24. The molecule has 0 aliphatic heterocycles. The number of phenolic OH excluding ortho intramolecular Hbond substituents is 1. The van der Waals surface area contributed by atoms with E-state index in [2.05, 4.69) is 5.32 Å². The van der Waals surface area contributed by atoms with Crippen LogP contribution in [0.25, 0.3) is 0 Å². The number of amides is 1. The third-order valence-corrected chi connectivity index (χ3v) is 3.76. The highest BCUT2D eigenvalue weighted by atomic mass is 16.6. The number of benzene rings is 2. The molecule has 0 saturated heterocycles. The molecular formula is C18H18N2O7. The predicted molar refractivity (Wildman–Crippen MR) is 96.0 cm³/mol. The van der Waals surface area contributed by atoms with Gasteiger partial charge in [0.1, 0.15) is 17.1 Å². The van der Waals surface area contributed by atoms with Gasteiger partial charge in [-0.15, -0.1) is 0 Å². The Hall–Kier alpha value is -3.62. The van der Waals surface area contributed by atoms with Gasteiger partial charge in [0, 0.05) is 12.1 Å². The number of aromatic hydroxyl groups is 1. The lowest BCUT2D eigenvalue weighted by Crippen LogP contribution is -2.30. The highest BCUT2D eigenvalue weighted by Crippen LogP contribution is 2.29. The van der Waals surface area contributed by atoms with Crippen molar-refractivity contribution in [3.8, 4) is 11.5 Å². The summed E-state index contributed by atoms with van der Waals surface area (Å²) in [7, 11) is 1.35. The van der Waals surface area contributed by atoms with Crippen molar-refractivity contribution >= 4 is 23.3 Å². The van der Waals surface area contributed by atoms with Gasteiger partial charge in [-0.3, -0.25) is 14.9 Å². The normalized spacial score (nSPS) is 11.4. The number of methoxy groups -OCH3 is 1. The first kappa shape index (κ1) is 19.7. The topological polar surface area (TPSA) is 128 Å². The van der Waals surface area contributed by atoms with E-state index in [1.54, 1.807) is 19.1 Å². The zero-order chi connectivity index (χ0) is 20.1. The average molecular weight is 374 g/mol. The highest BCUT2D eigenvalue weighted by Gasteiger charge is 2.23. The maximum Gasteiger partial charge on any atom is 0.342 e. The number of non-ortho nitro benzene ring substituents is 1.